The van der Waals surface area contributed by atoms with Gasteiger partial charge in [-0.25, -0.2) is 19.9 Å². The molecule has 10 rings (SSSR count). The summed E-state index contributed by atoms with van der Waals surface area (Å²) in [6, 6.07) is 34.6. The number of aromatic nitrogens is 8. The second-order valence-electron chi connectivity index (χ2n) is 22.6. The van der Waals surface area contributed by atoms with Gasteiger partial charge in [0.2, 0.25) is 5.95 Å². The summed E-state index contributed by atoms with van der Waals surface area (Å²) in [7, 11) is 0.874. The molecule has 6 heterocycles. The Labute approximate surface area is 482 Å². The fourth-order valence-electron chi connectivity index (χ4n) is 10.0. The summed E-state index contributed by atoms with van der Waals surface area (Å²) in [4.78, 5) is 52.5. The number of carbonyl (C=O) groups is 1. The molecule has 1 amide bonds. The molecule has 1 unspecified atom stereocenters. The van der Waals surface area contributed by atoms with E-state index in [9.17, 15) is 9.59 Å². The van der Waals surface area contributed by atoms with Crippen molar-refractivity contribution in [3.63, 3.8) is 0 Å². The van der Waals surface area contributed by atoms with Gasteiger partial charge in [0, 0.05) is 31.6 Å². The number of fused-ring (bicyclic) bond motifs is 2. The van der Waals surface area contributed by atoms with Gasteiger partial charge >= 0.3 is 0 Å². The van der Waals surface area contributed by atoms with Crippen molar-refractivity contribution in [1.82, 2.24) is 39.0 Å². The lowest BCUT2D eigenvalue weighted by molar-refractivity contribution is -0.0908. The van der Waals surface area contributed by atoms with Crippen LogP contribution in [0.1, 0.15) is 87.0 Å². The number of H-pyrrole nitrogens is 1. The van der Waals surface area contributed by atoms with E-state index in [4.69, 9.17) is 53.9 Å². The number of carbonyl (C=O) groups excluding carboxylic acids is 1. The van der Waals surface area contributed by atoms with Crippen LogP contribution in [0, 0.1) is 5.92 Å². The van der Waals surface area contributed by atoms with Crippen molar-refractivity contribution in [2.24, 2.45) is 5.92 Å². The lowest BCUT2D eigenvalue weighted by Gasteiger charge is -2.39. The number of rotatable bonds is 22. The molecule has 8 aromatic rings. The highest BCUT2D eigenvalue weighted by molar-refractivity contribution is 8.09. The number of ether oxygens (including phenoxy) is 5. The van der Waals surface area contributed by atoms with Crippen molar-refractivity contribution in [3.05, 3.63) is 161 Å². The Morgan fingerprint density at radius 1 is 0.768 bits per heavy atom. The number of aromatic amines is 1. The molecular weight excluding hydrogens is 1100 g/mol. The van der Waals surface area contributed by atoms with E-state index in [1.807, 2.05) is 89.5 Å². The van der Waals surface area contributed by atoms with Gasteiger partial charge in [-0.1, -0.05) is 107 Å². The number of imidazole rings is 2. The van der Waals surface area contributed by atoms with Gasteiger partial charge in [-0.2, -0.15) is 4.98 Å². The van der Waals surface area contributed by atoms with Crippen LogP contribution in [0.4, 0.5) is 11.8 Å². The number of nitrogens with zero attached hydrogens (tertiary/aromatic N) is 7. The highest BCUT2D eigenvalue weighted by Gasteiger charge is 2.48. The lowest BCUT2D eigenvalue weighted by Crippen LogP contribution is -2.46. The van der Waals surface area contributed by atoms with Crippen LogP contribution in [-0.2, 0) is 45.1 Å². The Balaban J connectivity index is 0.960. The SMILES string of the molecule is COc1ccc(C(OC[C@H]2O[C@@H](n3cnc4c(=O)[nH]c(NCC(C)C)nc43)C[C@@H]2OP(C)(=S)OC[C@H]2O[C@@H](n3cnc4c(NC(=O)c5ccccc5)ncnc43)C[C@@H]2O[Si](C)(C)C(C)(C)C)(c2ccccc2)c2ccc(OC)cc2)cc1. The van der Waals surface area contributed by atoms with Gasteiger partial charge in [0.1, 0.15) is 48.1 Å². The van der Waals surface area contributed by atoms with Crippen LogP contribution in [0.3, 0.4) is 0 Å². The molecule has 432 valence electrons. The largest absolute Gasteiger partial charge is 0.497 e. The maximum Gasteiger partial charge on any atom is 0.280 e. The quantitative estimate of drug-likeness (QED) is 0.0326. The van der Waals surface area contributed by atoms with Crippen molar-refractivity contribution in [2.75, 3.05) is 51.3 Å². The minimum Gasteiger partial charge on any atom is -0.497 e. The first-order chi connectivity index (χ1) is 39.3. The van der Waals surface area contributed by atoms with E-state index in [2.05, 4.69) is 83.3 Å². The zero-order valence-corrected chi connectivity index (χ0v) is 50.5. The monoisotopic (exact) mass is 1170 g/mol. The molecule has 2 fully saturated rings. The maximum absolute atomic E-state index is 13.5. The second-order valence-corrected chi connectivity index (χ2v) is 31.3. The molecular formula is C59H71N10O10PSSi. The Kier molecular flexibility index (Phi) is 17.3. The highest BCUT2D eigenvalue weighted by atomic mass is 32.5. The highest BCUT2D eigenvalue weighted by Crippen LogP contribution is 2.52. The van der Waals surface area contributed by atoms with Gasteiger partial charge in [-0.3, -0.25) is 23.7 Å². The number of benzene rings is 4. The molecule has 3 N–H and O–H groups in total. The third kappa shape index (κ3) is 12.5. The summed E-state index contributed by atoms with van der Waals surface area (Å²) < 4.78 is 57.2. The van der Waals surface area contributed by atoms with Crippen molar-refractivity contribution >= 4 is 66.6 Å². The standard InChI is InChI=1S/C59H71N10O10PSSi/c1-37(2)31-60-57-66-54-51(56(71)67-57)64-36-69(54)48-29-44(46(76-48)32-74-59(39-19-15-12-16-20-39,40-21-25-42(72-6)26-22-40)41-23-27-43(73-7)28-24-41)78-80(8,81)75-33-47-45(79-82(9,10)58(3,4)5)30-49(77-47)68-35-63-50-52(61-34-62-53(50)68)65-55(70)38-17-13-11-14-18-38/h11-28,34-37,44-49H,29-33H2,1-10H3,(H2,60,66,67,71)(H,61,62,65,70)/t44-,45-,46+,47+,48+,49+,80?/m0/s1. The first-order valence-electron chi connectivity index (χ1n) is 27.4. The van der Waals surface area contributed by atoms with Gasteiger partial charge in [0.15, 0.2) is 43.0 Å². The minimum atomic E-state index is -3.19. The number of hydrogen-bond acceptors (Lipinski definition) is 17. The minimum absolute atomic E-state index is 0.00119. The summed E-state index contributed by atoms with van der Waals surface area (Å²) in [6.07, 6.45) is 1.57. The Morgan fingerprint density at radius 2 is 1.33 bits per heavy atom. The number of anilines is 2. The average molecular weight is 1170 g/mol. The van der Waals surface area contributed by atoms with E-state index in [1.54, 1.807) is 62.4 Å². The van der Waals surface area contributed by atoms with Crippen LogP contribution < -0.4 is 25.7 Å². The number of hydrogen-bond donors (Lipinski definition) is 3. The fourth-order valence-corrected chi connectivity index (χ4v) is 13.1. The average Bonchev–Trinajstić information content (AvgIpc) is 4.42. The van der Waals surface area contributed by atoms with E-state index in [-0.39, 0.29) is 47.5 Å². The Hall–Kier alpha value is -6.72. The first kappa shape index (κ1) is 58.5. The van der Waals surface area contributed by atoms with Gasteiger partial charge in [-0.05, 0) is 88.9 Å². The van der Waals surface area contributed by atoms with Crippen molar-refractivity contribution in [1.29, 1.82) is 0 Å². The molecule has 82 heavy (non-hydrogen) atoms. The van der Waals surface area contributed by atoms with E-state index >= 15 is 0 Å². The molecule has 0 radical (unpaired) electrons. The van der Waals surface area contributed by atoms with Crippen LogP contribution in [0.5, 0.6) is 11.5 Å². The summed E-state index contributed by atoms with van der Waals surface area (Å²) in [5, 5.41) is 6.03. The molecule has 0 aliphatic carbocycles. The zero-order chi connectivity index (χ0) is 58.0. The van der Waals surface area contributed by atoms with Crippen molar-refractivity contribution < 1.29 is 42.0 Å². The van der Waals surface area contributed by atoms with E-state index in [1.165, 1.54) is 6.33 Å². The molecule has 0 bridgehead atoms. The molecule has 4 aromatic heterocycles. The van der Waals surface area contributed by atoms with E-state index < -0.39 is 57.3 Å². The van der Waals surface area contributed by atoms with Gasteiger partial charge in [0.25, 0.3) is 11.5 Å². The molecule has 0 spiro atoms. The van der Waals surface area contributed by atoms with Crippen molar-refractivity contribution in [2.45, 2.75) is 108 Å². The first-order valence-corrected chi connectivity index (χ1v) is 33.4. The van der Waals surface area contributed by atoms with Gasteiger partial charge in [0.05, 0.1) is 52.3 Å². The molecule has 2 saturated heterocycles. The third-order valence-corrected chi connectivity index (χ3v) is 21.8. The molecule has 2 aliphatic rings. The van der Waals surface area contributed by atoms with Crippen LogP contribution in [0.2, 0.25) is 18.1 Å². The van der Waals surface area contributed by atoms with Crippen LogP contribution in [-0.4, -0.2) is 118 Å². The number of amides is 1. The van der Waals surface area contributed by atoms with Crippen molar-refractivity contribution in [3.8, 4) is 11.5 Å². The van der Waals surface area contributed by atoms with E-state index in [0.29, 0.717) is 58.7 Å². The summed E-state index contributed by atoms with van der Waals surface area (Å²) >= 11 is 6.37. The molecule has 20 nitrogen and oxygen atoms in total. The van der Waals surface area contributed by atoms with Crippen LogP contribution in [0.15, 0.2) is 133 Å². The predicted molar refractivity (Wildman–Crippen MR) is 320 cm³/mol. The Morgan fingerprint density at radius 3 is 1.93 bits per heavy atom. The third-order valence-electron chi connectivity index (χ3n) is 15.4. The topological polar surface area (TPSA) is 222 Å². The van der Waals surface area contributed by atoms with Gasteiger partial charge < -0.3 is 47.8 Å². The molecule has 2 aliphatic heterocycles. The summed E-state index contributed by atoms with van der Waals surface area (Å²) in [5.74, 6) is 1.94. The lowest BCUT2D eigenvalue weighted by atomic mass is 9.80. The van der Waals surface area contributed by atoms with Crippen LogP contribution in [0.25, 0.3) is 22.3 Å². The molecule has 4 aromatic carbocycles. The van der Waals surface area contributed by atoms with Crippen LogP contribution >= 0.6 is 6.49 Å². The number of methoxy groups -OCH3 is 2. The second kappa shape index (κ2) is 24.2. The maximum atomic E-state index is 13.5. The molecule has 7 atom stereocenters. The fraction of sp³-hybridized carbons (Fsp3) is 0.407. The van der Waals surface area contributed by atoms with Gasteiger partial charge in [-0.15, -0.1) is 0 Å². The Bertz CT molecular complexity index is 3560. The molecule has 23 heteroatoms. The summed E-state index contributed by atoms with van der Waals surface area (Å²) in [6.45, 7) is 14.4. The smallest absolute Gasteiger partial charge is 0.280 e. The number of nitrogens with one attached hydrogen (secondary N) is 3. The normalized spacial score (nSPS) is 20.3. The molecule has 0 saturated carbocycles. The predicted octanol–water partition coefficient (Wildman–Crippen LogP) is 10.6. The van der Waals surface area contributed by atoms with E-state index in [0.717, 1.165) is 16.7 Å². The zero-order valence-electron chi connectivity index (χ0n) is 47.8. The summed E-state index contributed by atoms with van der Waals surface area (Å²) in [5.41, 5.74) is 2.83.